The molecule has 0 atom stereocenters. The van der Waals surface area contributed by atoms with Crippen molar-refractivity contribution in [2.75, 3.05) is 13.7 Å². The maximum atomic E-state index is 11.9. The van der Waals surface area contributed by atoms with Crippen molar-refractivity contribution < 1.29 is 19.5 Å². The van der Waals surface area contributed by atoms with Crippen molar-refractivity contribution in [3.63, 3.8) is 0 Å². The van der Waals surface area contributed by atoms with Crippen molar-refractivity contribution in [1.29, 1.82) is 0 Å². The minimum absolute atomic E-state index is 0.0209. The van der Waals surface area contributed by atoms with Gasteiger partial charge >= 0.3 is 5.97 Å². The summed E-state index contributed by atoms with van der Waals surface area (Å²) in [4.78, 5) is 25.3. The molecule has 20 heavy (non-hydrogen) atoms. The summed E-state index contributed by atoms with van der Waals surface area (Å²) in [5.41, 5.74) is 0.855. The molecule has 6 nitrogen and oxygen atoms in total. The standard InChI is InChI=1S/C14H16N2O4/c1-4-20-14(18)12-9(2)15(3)13(16(12)19)10-7-5-6-8-11(10)17/h5-8,19H,4H2,1-3H3/b13-10-. The highest BCUT2D eigenvalue weighted by Gasteiger charge is 2.36. The molecule has 0 bridgehead atoms. The van der Waals surface area contributed by atoms with Crippen LogP contribution in [0.5, 0.6) is 0 Å². The zero-order valence-electron chi connectivity index (χ0n) is 11.6. The average Bonchev–Trinajstić information content (AvgIpc) is 2.62. The molecule has 0 fully saturated rings. The Morgan fingerprint density at radius 2 is 2.00 bits per heavy atom. The van der Waals surface area contributed by atoms with Gasteiger partial charge in [-0.05, 0) is 26.0 Å². The molecule has 0 aromatic heterocycles. The molecule has 0 radical (unpaired) electrons. The fourth-order valence-electron chi connectivity index (χ4n) is 2.10. The number of carbonyl (C=O) groups is 2. The number of ether oxygens (including phenoxy) is 1. The van der Waals surface area contributed by atoms with Crippen molar-refractivity contribution in [3.8, 4) is 0 Å². The Hall–Kier alpha value is -2.34. The van der Waals surface area contributed by atoms with Crippen LogP contribution in [0.25, 0.3) is 0 Å². The molecule has 1 aliphatic heterocycles. The first-order valence-electron chi connectivity index (χ1n) is 6.23. The van der Waals surface area contributed by atoms with Gasteiger partial charge in [-0.2, -0.15) is 5.06 Å². The Balaban J connectivity index is 2.45. The predicted octanol–water partition coefficient (Wildman–Crippen LogP) is 1.32. The van der Waals surface area contributed by atoms with E-state index in [0.717, 1.165) is 0 Å². The van der Waals surface area contributed by atoms with Gasteiger partial charge in [0.15, 0.2) is 11.5 Å². The SMILES string of the molecule is CCOC(=O)C1=C(C)N(C)/C(=C2\C=CC=CC2=O)N1O. The van der Waals surface area contributed by atoms with E-state index in [0.29, 0.717) is 16.3 Å². The molecular weight excluding hydrogens is 260 g/mol. The van der Waals surface area contributed by atoms with Crippen LogP contribution < -0.4 is 0 Å². The number of rotatable bonds is 2. The Kier molecular flexibility index (Phi) is 3.76. The summed E-state index contributed by atoms with van der Waals surface area (Å²) in [6, 6.07) is 0. The Bertz CT molecular complexity index is 584. The van der Waals surface area contributed by atoms with E-state index in [4.69, 9.17) is 4.74 Å². The molecule has 0 aromatic carbocycles. The summed E-state index contributed by atoms with van der Waals surface area (Å²) in [7, 11) is 1.67. The Morgan fingerprint density at radius 1 is 1.35 bits per heavy atom. The fraction of sp³-hybridized carbons (Fsp3) is 0.286. The molecule has 0 spiro atoms. The average molecular weight is 276 g/mol. The second-order valence-electron chi connectivity index (χ2n) is 4.35. The van der Waals surface area contributed by atoms with Gasteiger partial charge in [0.25, 0.3) is 0 Å². The number of hydrogen-bond acceptors (Lipinski definition) is 6. The van der Waals surface area contributed by atoms with Crippen LogP contribution in [0.2, 0.25) is 0 Å². The van der Waals surface area contributed by atoms with E-state index in [1.165, 1.54) is 6.08 Å². The van der Waals surface area contributed by atoms with Gasteiger partial charge in [-0.3, -0.25) is 10.0 Å². The number of esters is 1. The third-order valence-electron chi connectivity index (χ3n) is 3.17. The summed E-state index contributed by atoms with van der Waals surface area (Å²) in [6.07, 6.45) is 6.32. The molecule has 2 aliphatic rings. The van der Waals surface area contributed by atoms with E-state index in [1.807, 2.05) is 0 Å². The Labute approximate surface area is 116 Å². The lowest BCUT2D eigenvalue weighted by atomic mass is 10.1. The first-order chi connectivity index (χ1) is 9.49. The number of ketones is 1. The smallest absolute Gasteiger partial charge is 0.359 e. The van der Waals surface area contributed by atoms with Crippen LogP contribution in [-0.2, 0) is 14.3 Å². The van der Waals surface area contributed by atoms with Gasteiger partial charge in [0, 0.05) is 12.7 Å². The normalized spacial score (nSPS) is 22.1. The van der Waals surface area contributed by atoms with Gasteiger partial charge in [-0.25, -0.2) is 4.79 Å². The van der Waals surface area contributed by atoms with Crippen LogP contribution in [0.3, 0.4) is 0 Å². The largest absolute Gasteiger partial charge is 0.461 e. The van der Waals surface area contributed by atoms with Crippen LogP contribution in [0, 0.1) is 0 Å². The summed E-state index contributed by atoms with van der Waals surface area (Å²) < 4.78 is 4.91. The molecule has 106 valence electrons. The molecule has 1 N–H and O–H groups in total. The third kappa shape index (κ3) is 2.14. The van der Waals surface area contributed by atoms with E-state index < -0.39 is 5.97 Å². The second kappa shape index (κ2) is 5.34. The van der Waals surface area contributed by atoms with E-state index in [1.54, 1.807) is 44.0 Å². The van der Waals surface area contributed by atoms with Crippen molar-refractivity contribution in [3.05, 3.63) is 47.1 Å². The Morgan fingerprint density at radius 3 is 2.60 bits per heavy atom. The summed E-state index contributed by atoms with van der Waals surface area (Å²) >= 11 is 0. The van der Waals surface area contributed by atoms with E-state index in [2.05, 4.69) is 0 Å². The van der Waals surface area contributed by atoms with Crippen molar-refractivity contribution in [1.82, 2.24) is 9.96 Å². The monoisotopic (exact) mass is 276 g/mol. The van der Waals surface area contributed by atoms with Crippen molar-refractivity contribution in [2.24, 2.45) is 0 Å². The predicted molar refractivity (Wildman–Crippen MR) is 71.0 cm³/mol. The summed E-state index contributed by atoms with van der Waals surface area (Å²) in [5, 5.41) is 10.9. The van der Waals surface area contributed by atoms with Crippen LogP contribution in [-0.4, -0.2) is 40.6 Å². The fourth-order valence-corrected chi connectivity index (χ4v) is 2.10. The molecule has 0 aromatic rings. The van der Waals surface area contributed by atoms with Crippen LogP contribution in [0.1, 0.15) is 13.8 Å². The van der Waals surface area contributed by atoms with Crippen molar-refractivity contribution in [2.45, 2.75) is 13.8 Å². The molecule has 0 saturated carbocycles. The first kappa shape index (κ1) is 14.1. The molecular formula is C14H16N2O4. The molecule has 0 unspecified atom stereocenters. The van der Waals surface area contributed by atoms with Crippen LogP contribution in [0.4, 0.5) is 0 Å². The minimum Gasteiger partial charge on any atom is -0.461 e. The van der Waals surface area contributed by atoms with E-state index >= 15 is 0 Å². The number of hydroxylamine groups is 2. The maximum Gasteiger partial charge on any atom is 0.359 e. The highest BCUT2D eigenvalue weighted by Crippen LogP contribution is 2.32. The quantitative estimate of drug-likeness (QED) is 0.606. The van der Waals surface area contributed by atoms with Gasteiger partial charge in [-0.15, -0.1) is 0 Å². The van der Waals surface area contributed by atoms with Crippen molar-refractivity contribution >= 4 is 11.8 Å². The molecule has 2 rings (SSSR count). The number of hydrogen-bond donors (Lipinski definition) is 1. The molecule has 0 saturated heterocycles. The van der Waals surface area contributed by atoms with Crippen LogP contribution >= 0.6 is 0 Å². The molecule has 1 heterocycles. The summed E-state index contributed by atoms with van der Waals surface area (Å²) in [5.74, 6) is -0.611. The number of nitrogens with zero attached hydrogens (tertiary/aromatic N) is 2. The van der Waals surface area contributed by atoms with Gasteiger partial charge in [0.2, 0.25) is 0 Å². The zero-order chi connectivity index (χ0) is 14.9. The maximum absolute atomic E-state index is 11.9. The molecule has 0 amide bonds. The van der Waals surface area contributed by atoms with E-state index in [9.17, 15) is 14.8 Å². The van der Waals surface area contributed by atoms with Gasteiger partial charge in [0.05, 0.1) is 12.2 Å². The number of allylic oxidation sites excluding steroid dienone is 6. The lowest BCUT2D eigenvalue weighted by Crippen LogP contribution is -2.26. The molecule has 1 aliphatic carbocycles. The number of carbonyl (C=O) groups excluding carboxylic acids is 2. The highest BCUT2D eigenvalue weighted by molar-refractivity contribution is 6.08. The summed E-state index contributed by atoms with van der Waals surface area (Å²) in [6.45, 7) is 3.57. The van der Waals surface area contributed by atoms with Gasteiger partial charge in [0.1, 0.15) is 5.82 Å². The van der Waals surface area contributed by atoms with Crippen LogP contribution in [0.15, 0.2) is 47.1 Å². The van der Waals surface area contributed by atoms with E-state index in [-0.39, 0.29) is 23.9 Å². The highest BCUT2D eigenvalue weighted by atomic mass is 16.6. The topological polar surface area (TPSA) is 70.1 Å². The molecule has 6 heteroatoms. The zero-order valence-corrected chi connectivity index (χ0v) is 11.6. The first-order valence-corrected chi connectivity index (χ1v) is 6.23. The van der Waals surface area contributed by atoms with Gasteiger partial charge < -0.3 is 9.64 Å². The minimum atomic E-state index is -0.627. The van der Waals surface area contributed by atoms with Gasteiger partial charge in [-0.1, -0.05) is 12.2 Å². The lowest BCUT2D eigenvalue weighted by molar-refractivity contribution is -0.145. The third-order valence-corrected chi connectivity index (χ3v) is 3.17. The lowest BCUT2D eigenvalue weighted by Gasteiger charge is -2.21. The second-order valence-corrected chi connectivity index (χ2v) is 4.35.